The van der Waals surface area contributed by atoms with Gasteiger partial charge in [0.05, 0.1) is 5.02 Å². The highest BCUT2D eigenvalue weighted by Gasteiger charge is 2.12. The van der Waals surface area contributed by atoms with Crippen LogP contribution in [0.25, 0.3) is 16.4 Å². The topological polar surface area (TPSA) is 43.1 Å². The zero-order valence-electron chi connectivity index (χ0n) is 8.28. The summed E-state index contributed by atoms with van der Waals surface area (Å²) in [5.74, 6) is 0.693. The molecule has 0 aliphatic carbocycles. The number of halogens is 2. The molecule has 16 heavy (non-hydrogen) atoms. The summed E-state index contributed by atoms with van der Waals surface area (Å²) < 4.78 is 1.61. The third-order valence-electron chi connectivity index (χ3n) is 2.45. The van der Waals surface area contributed by atoms with E-state index in [-0.39, 0.29) is 0 Å². The van der Waals surface area contributed by atoms with Crippen molar-refractivity contribution >= 4 is 39.6 Å². The highest BCUT2D eigenvalue weighted by atomic mass is 35.5. The van der Waals surface area contributed by atoms with Gasteiger partial charge in [-0.2, -0.15) is 9.61 Å². The maximum atomic E-state index is 6.10. The molecule has 0 N–H and O–H groups in total. The van der Waals surface area contributed by atoms with Crippen molar-refractivity contribution in [3.8, 4) is 0 Å². The van der Waals surface area contributed by atoms with E-state index in [0.29, 0.717) is 27.0 Å². The molecule has 0 atom stereocenters. The Balaban J connectivity index is 2.66. The maximum absolute atomic E-state index is 6.10. The van der Waals surface area contributed by atoms with E-state index in [9.17, 15) is 0 Å². The van der Waals surface area contributed by atoms with Crippen molar-refractivity contribution in [1.82, 2.24) is 19.8 Å². The first-order valence-corrected chi connectivity index (χ1v) is 5.40. The molecule has 0 fully saturated rings. The molecule has 0 amide bonds. The highest BCUT2D eigenvalue weighted by molar-refractivity contribution is 6.42. The van der Waals surface area contributed by atoms with Gasteiger partial charge in [0.2, 0.25) is 0 Å². The number of benzene rings is 1. The van der Waals surface area contributed by atoms with E-state index < -0.39 is 0 Å². The molecule has 1 aromatic carbocycles. The summed E-state index contributed by atoms with van der Waals surface area (Å²) >= 11 is 12.2. The molecule has 0 bridgehead atoms. The second kappa shape index (κ2) is 3.30. The van der Waals surface area contributed by atoms with Crippen molar-refractivity contribution in [2.24, 2.45) is 0 Å². The average Bonchev–Trinajstić information content (AvgIpc) is 2.61. The average molecular weight is 253 g/mol. The summed E-state index contributed by atoms with van der Waals surface area (Å²) in [5, 5.41) is 14.7. The van der Waals surface area contributed by atoms with Crippen molar-refractivity contribution < 1.29 is 0 Å². The zero-order valence-corrected chi connectivity index (χ0v) is 9.79. The maximum Gasteiger partial charge on any atom is 0.185 e. The summed E-state index contributed by atoms with van der Waals surface area (Å²) in [6.45, 7) is 1.82. The van der Waals surface area contributed by atoms with Gasteiger partial charge in [-0.1, -0.05) is 35.3 Å². The Morgan fingerprint density at radius 3 is 2.81 bits per heavy atom. The predicted octanol–water partition coefficient (Wildman–Crippen LogP) is 2.89. The molecule has 3 aromatic rings. The van der Waals surface area contributed by atoms with E-state index in [2.05, 4.69) is 15.3 Å². The third kappa shape index (κ3) is 1.20. The van der Waals surface area contributed by atoms with Crippen LogP contribution >= 0.6 is 23.2 Å². The normalized spacial score (nSPS) is 11.4. The van der Waals surface area contributed by atoms with E-state index in [1.807, 2.05) is 19.1 Å². The number of aromatic nitrogens is 4. The Morgan fingerprint density at radius 2 is 2.00 bits per heavy atom. The van der Waals surface area contributed by atoms with Gasteiger partial charge >= 0.3 is 0 Å². The first kappa shape index (κ1) is 9.81. The van der Waals surface area contributed by atoms with Crippen LogP contribution in [0.3, 0.4) is 0 Å². The second-order valence-electron chi connectivity index (χ2n) is 3.44. The van der Waals surface area contributed by atoms with Crippen LogP contribution in [0.2, 0.25) is 10.2 Å². The van der Waals surface area contributed by atoms with E-state index in [1.54, 1.807) is 10.6 Å². The number of hydrogen-bond donors (Lipinski definition) is 0. The summed E-state index contributed by atoms with van der Waals surface area (Å²) in [6.07, 6.45) is 0. The third-order valence-corrected chi connectivity index (χ3v) is 3.02. The lowest BCUT2D eigenvalue weighted by molar-refractivity contribution is 0.882. The Bertz CT molecular complexity index is 705. The van der Waals surface area contributed by atoms with Crippen LogP contribution < -0.4 is 0 Å². The van der Waals surface area contributed by atoms with E-state index in [0.717, 1.165) is 5.39 Å². The van der Waals surface area contributed by atoms with Crippen LogP contribution in [0.1, 0.15) is 5.82 Å². The molecule has 0 saturated heterocycles. The van der Waals surface area contributed by atoms with Crippen molar-refractivity contribution in [3.05, 3.63) is 34.2 Å². The molecular formula is C10H6Cl2N4. The van der Waals surface area contributed by atoms with Gasteiger partial charge in [0.25, 0.3) is 0 Å². The van der Waals surface area contributed by atoms with Gasteiger partial charge in [-0.15, -0.1) is 10.2 Å². The number of fused-ring (bicyclic) bond motifs is 3. The molecule has 2 heterocycles. The van der Waals surface area contributed by atoms with Gasteiger partial charge < -0.3 is 0 Å². The fourth-order valence-corrected chi connectivity index (χ4v) is 2.29. The van der Waals surface area contributed by atoms with Crippen molar-refractivity contribution in [1.29, 1.82) is 0 Å². The molecule has 3 rings (SSSR count). The molecule has 0 radical (unpaired) electrons. The molecule has 0 spiro atoms. The van der Waals surface area contributed by atoms with Gasteiger partial charge in [-0.3, -0.25) is 0 Å². The number of aryl methyl sites for hydroxylation is 1. The Morgan fingerprint density at radius 1 is 1.19 bits per heavy atom. The molecule has 0 unspecified atom stereocenters. The molecule has 2 aromatic heterocycles. The van der Waals surface area contributed by atoms with Crippen LogP contribution in [0.15, 0.2) is 18.2 Å². The largest absolute Gasteiger partial charge is 0.196 e. The van der Waals surface area contributed by atoms with Crippen LogP contribution in [-0.4, -0.2) is 19.8 Å². The Hall–Kier alpha value is -1.39. The fraction of sp³-hybridized carbons (Fsp3) is 0.100. The SMILES string of the molecule is Cc1nnc2c3cccc(Cl)c3c(Cl)nn12. The highest BCUT2D eigenvalue weighted by Crippen LogP contribution is 2.30. The second-order valence-corrected chi connectivity index (χ2v) is 4.20. The van der Waals surface area contributed by atoms with Crippen LogP contribution in [-0.2, 0) is 0 Å². The van der Waals surface area contributed by atoms with Crippen molar-refractivity contribution in [2.75, 3.05) is 0 Å². The first-order chi connectivity index (χ1) is 7.68. The lowest BCUT2D eigenvalue weighted by Gasteiger charge is -2.03. The Kier molecular flexibility index (Phi) is 2.02. The summed E-state index contributed by atoms with van der Waals surface area (Å²) in [6, 6.07) is 5.53. The van der Waals surface area contributed by atoms with Gasteiger partial charge in [0, 0.05) is 10.8 Å². The minimum absolute atomic E-state index is 0.357. The fourth-order valence-electron chi connectivity index (χ4n) is 1.70. The van der Waals surface area contributed by atoms with Crippen LogP contribution in [0.4, 0.5) is 0 Å². The van der Waals surface area contributed by atoms with Gasteiger partial charge in [-0.05, 0) is 13.0 Å². The minimum atomic E-state index is 0.357. The number of nitrogens with zero attached hydrogens (tertiary/aromatic N) is 4. The molecule has 6 heteroatoms. The van der Waals surface area contributed by atoms with E-state index in [4.69, 9.17) is 23.2 Å². The van der Waals surface area contributed by atoms with Gasteiger partial charge in [-0.25, -0.2) is 0 Å². The van der Waals surface area contributed by atoms with Gasteiger partial charge in [0.1, 0.15) is 0 Å². The molecule has 0 saturated carbocycles. The van der Waals surface area contributed by atoms with Crippen LogP contribution in [0.5, 0.6) is 0 Å². The molecular weight excluding hydrogens is 247 g/mol. The van der Waals surface area contributed by atoms with Crippen molar-refractivity contribution in [3.63, 3.8) is 0 Å². The van der Waals surface area contributed by atoms with Crippen molar-refractivity contribution in [2.45, 2.75) is 6.92 Å². The lowest BCUT2D eigenvalue weighted by Crippen LogP contribution is -1.96. The monoisotopic (exact) mass is 252 g/mol. The van der Waals surface area contributed by atoms with Crippen LogP contribution in [0, 0.1) is 6.92 Å². The smallest absolute Gasteiger partial charge is 0.185 e. The molecule has 0 aliphatic heterocycles. The quantitative estimate of drug-likeness (QED) is 0.618. The molecule has 80 valence electrons. The number of rotatable bonds is 0. The predicted molar refractivity (Wildman–Crippen MR) is 63.0 cm³/mol. The molecule has 4 nitrogen and oxygen atoms in total. The minimum Gasteiger partial charge on any atom is -0.196 e. The lowest BCUT2D eigenvalue weighted by atomic mass is 10.2. The van der Waals surface area contributed by atoms with E-state index >= 15 is 0 Å². The summed E-state index contributed by atoms with van der Waals surface area (Å²) in [4.78, 5) is 0. The Labute approximate surface area is 101 Å². The molecule has 0 aliphatic rings. The first-order valence-electron chi connectivity index (χ1n) is 4.64. The summed E-state index contributed by atoms with van der Waals surface area (Å²) in [5.41, 5.74) is 0.666. The zero-order chi connectivity index (χ0) is 11.3. The number of hydrogen-bond acceptors (Lipinski definition) is 3. The van der Waals surface area contributed by atoms with E-state index in [1.165, 1.54) is 0 Å². The standard InChI is InChI=1S/C10H6Cl2N4/c1-5-13-14-10-6-3-2-4-7(11)8(6)9(12)15-16(5)10/h2-4H,1H3. The van der Waals surface area contributed by atoms with Gasteiger partial charge in [0.15, 0.2) is 16.6 Å². The summed E-state index contributed by atoms with van der Waals surface area (Å²) in [7, 11) is 0.